The van der Waals surface area contributed by atoms with Gasteiger partial charge in [0.05, 0.1) is 0 Å². The highest BCUT2D eigenvalue weighted by Crippen LogP contribution is 2.34. The van der Waals surface area contributed by atoms with Crippen molar-refractivity contribution in [1.82, 2.24) is 0 Å². The van der Waals surface area contributed by atoms with Crippen molar-refractivity contribution in [3.8, 4) is 11.5 Å². The zero-order valence-corrected chi connectivity index (χ0v) is 21.8. The minimum atomic E-state index is 0.0350. The second-order valence-electron chi connectivity index (χ2n) is 11.4. The van der Waals surface area contributed by atoms with Crippen LogP contribution in [0.5, 0.6) is 11.5 Å². The molecule has 0 saturated heterocycles. The molecule has 2 heterocycles. The zero-order chi connectivity index (χ0) is 24.9. The van der Waals surface area contributed by atoms with Crippen LogP contribution < -0.4 is 9.13 Å². The van der Waals surface area contributed by atoms with Crippen molar-refractivity contribution in [2.75, 3.05) is 0 Å². The molecule has 0 unspecified atom stereocenters. The molecule has 0 atom stereocenters. The Morgan fingerprint density at radius 3 is 1.18 bits per heavy atom. The normalized spacial score (nSPS) is 12.2. The minimum Gasteiger partial charge on any atom is -0.504 e. The predicted octanol–water partition coefficient (Wildman–Crippen LogP) is 5.53. The number of phenols is 2. The molecule has 0 spiro atoms. The molecule has 0 aliphatic rings. The third kappa shape index (κ3) is 6.82. The molecule has 0 radical (unpaired) electrons. The van der Waals surface area contributed by atoms with Gasteiger partial charge in [0.15, 0.2) is 36.3 Å². The summed E-state index contributed by atoms with van der Waals surface area (Å²) in [7, 11) is 0. The van der Waals surface area contributed by atoms with Crippen LogP contribution in [-0.4, -0.2) is 10.2 Å². The van der Waals surface area contributed by atoms with Gasteiger partial charge in [-0.2, -0.15) is 0 Å². The molecule has 0 saturated carbocycles. The minimum absolute atomic E-state index is 0.0350. The fourth-order valence-corrected chi connectivity index (χ4v) is 4.18. The third-order valence-corrected chi connectivity index (χ3v) is 6.56. The van der Waals surface area contributed by atoms with Gasteiger partial charge in [0.2, 0.25) is 0 Å². The Labute approximate surface area is 205 Å². The first-order valence-electron chi connectivity index (χ1n) is 12.5. The molecule has 0 aliphatic carbocycles. The molecule has 0 amide bonds. The van der Waals surface area contributed by atoms with Gasteiger partial charge in [-0.3, -0.25) is 0 Å². The standard InChI is InChI=1S/C30H40N2O2/c1-29(2,3)25-13-19-31(20-14-25)17-7-9-23-11-12-24(28(34)27(23)33)10-8-18-32-21-15-26(16-22-32)30(4,5)6/h11-16,19-22H,7-10,17-18H2,1-6H3/p+2. The number of hydrogen-bond acceptors (Lipinski definition) is 2. The van der Waals surface area contributed by atoms with Crippen LogP contribution in [0.1, 0.15) is 76.6 Å². The van der Waals surface area contributed by atoms with Crippen molar-refractivity contribution < 1.29 is 19.3 Å². The lowest BCUT2D eigenvalue weighted by Crippen LogP contribution is -2.33. The van der Waals surface area contributed by atoms with E-state index in [4.69, 9.17) is 0 Å². The van der Waals surface area contributed by atoms with Crippen LogP contribution in [0.4, 0.5) is 0 Å². The molecule has 0 bridgehead atoms. The molecule has 0 fully saturated rings. The number of aromatic nitrogens is 2. The topological polar surface area (TPSA) is 48.2 Å². The summed E-state index contributed by atoms with van der Waals surface area (Å²) >= 11 is 0. The van der Waals surface area contributed by atoms with E-state index in [0.29, 0.717) is 0 Å². The summed E-state index contributed by atoms with van der Waals surface area (Å²) in [5, 5.41) is 21.1. The van der Waals surface area contributed by atoms with E-state index in [1.54, 1.807) is 0 Å². The van der Waals surface area contributed by atoms with Crippen molar-refractivity contribution in [2.24, 2.45) is 0 Å². The largest absolute Gasteiger partial charge is 0.504 e. The molecule has 2 N–H and O–H groups in total. The Hall–Kier alpha value is -2.88. The van der Waals surface area contributed by atoms with Crippen LogP contribution in [0.25, 0.3) is 0 Å². The number of aromatic hydroxyl groups is 2. The summed E-state index contributed by atoms with van der Waals surface area (Å²) in [6.07, 6.45) is 11.7. The van der Waals surface area contributed by atoms with Gasteiger partial charge >= 0.3 is 0 Å². The van der Waals surface area contributed by atoms with Crippen LogP contribution in [0, 0.1) is 0 Å². The zero-order valence-electron chi connectivity index (χ0n) is 21.8. The van der Waals surface area contributed by atoms with Crippen molar-refractivity contribution in [1.29, 1.82) is 0 Å². The Morgan fingerprint density at radius 2 is 0.882 bits per heavy atom. The van der Waals surface area contributed by atoms with Gasteiger partial charge in [-0.15, -0.1) is 0 Å². The quantitative estimate of drug-likeness (QED) is 0.341. The SMILES string of the molecule is CC(C)(C)c1cc[n+](CCCc2ccc(CCC[n+]3ccc(C(C)(C)C)cc3)c(O)c2O)cc1. The molecule has 34 heavy (non-hydrogen) atoms. The van der Waals surface area contributed by atoms with Gasteiger partial charge in [-0.25, -0.2) is 9.13 Å². The first-order valence-corrected chi connectivity index (χ1v) is 12.5. The number of benzene rings is 1. The average Bonchev–Trinajstić information content (AvgIpc) is 2.77. The maximum Gasteiger partial charge on any atom is 0.169 e. The van der Waals surface area contributed by atoms with Crippen LogP contribution in [0.3, 0.4) is 0 Å². The average molecular weight is 463 g/mol. The van der Waals surface area contributed by atoms with E-state index in [0.717, 1.165) is 49.9 Å². The van der Waals surface area contributed by atoms with Gasteiger partial charge in [0, 0.05) is 37.1 Å². The summed E-state index contributed by atoms with van der Waals surface area (Å²) in [6, 6.07) is 12.6. The Morgan fingerprint density at radius 1 is 0.559 bits per heavy atom. The third-order valence-electron chi connectivity index (χ3n) is 6.56. The van der Waals surface area contributed by atoms with Gasteiger partial charge in [0.25, 0.3) is 0 Å². The van der Waals surface area contributed by atoms with E-state index in [9.17, 15) is 10.2 Å². The highest BCUT2D eigenvalue weighted by molar-refractivity contribution is 5.50. The molecular weight excluding hydrogens is 420 g/mol. The molecule has 3 aromatic rings. The Kier molecular flexibility index (Phi) is 8.01. The fraction of sp³-hybridized carbons (Fsp3) is 0.467. The molecule has 182 valence electrons. The monoisotopic (exact) mass is 462 g/mol. The number of phenolic OH excluding ortho intramolecular Hbond substituents is 2. The van der Waals surface area contributed by atoms with Gasteiger partial charge < -0.3 is 10.2 Å². The summed E-state index contributed by atoms with van der Waals surface area (Å²) in [6.45, 7) is 15.0. The lowest BCUT2D eigenvalue weighted by molar-refractivity contribution is -0.697. The summed E-state index contributed by atoms with van der Waals surface area (Å²) in [5.74, 6) is 0.0699. The lowest BCUT2D eigenvalue weighted by atomic mass is 9.88. The van der Waals surface area contributed by atoms with Gasteiger partial charge in [0.1, 0.15) is 13.1 Å². The lowest BCUT2D eigenvalue weighted by Gasteiger charge is -2.17. The first kappa shape index (κ1) is 25.7. The Balaban J connectivity index is 1.51. The van der Waals surface area contributed by atoms with E-state index < -0.39 is 0 Å². The Bertz CT molecular complexity index is 985. The maximum absolute atomic E-state index is 10.6. The first-order chi connectivity index (χ1) is 15.9. The molecular formula is C30H42N2O2+2. The van der Waals surface area contributed by atoms with E-state index in [-0.39, 0.29) is 22.3 Å². The fourth-order valence-electron chi connectivity index (χ4n) is 4.18. The number of pyridine rings is 2. The van der Waals surface area contributed by atoms with Crippen LogP contribution >= 0.6 is 0 Å². The van der Waals surface area contributed by atoms with Crippen molar-refractivity contribution >= 4 is 0 Å². The van der Waals surface area contributed by atoms with Crippen LogP contribution in [-0.2, 0) is 36.8 Å². The second-order valence-corrected chi connectivity index (χ2v) is 11.4. The van der Waals surface area contributed by atoms with Crippen molar-refractivity contribution in [3.05, 3.63) is 83.4 Å². The molecule has 4 nitrogen and oxygen atoms in total. The van der Waals surface area contributed by atoms with Crippen molar-refractivity contribution in [3.63, 3.8) is 0 Å². The highest BCUT2D eigenvalue weighted by atomic mass is 16.3. The number of rotatable bonds is 8. The van der Waals surface area contributed by atoms with Crippen LogP contribution in [0.15, 0.2) is 61.2 Å². The summed E-state index contributed by atoms with van der Waals surface area (Å²) < 4.78 is 4.35. The van der Waals surface area contributed by atoms with E-state index in [2.05, 4.69) is 99.7 Å². The molecule has 3 rings (SSSR count). The summed E-state index contributed by atoms with van der Waals surface area (Å²) in [4.78, 5) is 0. The molecule has 2 aromatic heterocycles. The maximum atomic E-state index is 10.6. The van der Waals surface area contributed by atoms with Crippen molar-refractivity contribution in [2.45, 2.75) is 91.1 Å². The number of hydrogen-bond donors (Lipinski definition) is 2. The van der Waals surface area contributed by atoms with Crippen LogP contribution in [0.2, 0.25) is 0 Å². The summed E-state index contributed by atoms with van der Waals surface area (Å²) in [5.41, 5.74) is 4.56. The molecule has 4 heteroatoms. The van der Waals surface area contributed by atoms with E-state index in [1.165, 1.54) is 11.1 Å². The van der Waals surface area contributed by atoms with E-state index >= 15 is 0 Å². The van der Waals surface area contributed by atoms with Gasteiger partial charge in [-0.05, 0) is 45.9 Å². The number of aryl methyl sites for hydroxylation is 4. The second kappa shape index (κ2) is 10.6. The highest BCUT2D eigenvalue weighted by Gasteiger charge is 2.17. The molecule has 0 aliphatic heterocycles. The predicted molar refractivity (Wildman–Crippen MR) is 137 cm³/mol. The molecule has 1 aromatic carbocycles. The number of nitrogens with zero attached hydrogens (tertiary/aromatic N) is 2. The van der Waals surface area contributed by atoms with Gasteiger partial charge in [-0.1, -0.05) is 53.7 Å². The smallest absolute Gasteiger partial charge is 0.169 e. The van der Waals surface area contributed by atoms with E-state index in [1.807, 2.05) is 12.1 Å².